The van der Waals surface area contributed by atoms with E-state index in [2.05, 4.69) is 23.1 Å². The number of aromatic nitrogens is 1. The smallest absolute Gasteiger partial charge is 0.325 e. The summed E-state index contributed by atoms with van der Waals surface area (Å²) in [5.74, 6) is -0.205. The van der Waals surface area contributed by atoms with Gasteiger partial charge in [-0.1, -0.05) is 30.3 Å². The average molecular weight is 449 g/mol. The molecule has 1 aromatic carbocycles. The van der Waals surface area contributed by atoms with Crippen molar-refractivity contribution in [2.75, 3.05) is 19.7 Å². The van der Waals surface area contributed by atoms with Crippen LogP contribution in [0.3, 0.4) is 0 Å². The average Bonchev–Trinajstić information content (AvgIpc) is 3.58. The van der Waals surface area contributed by atoms with E-state index in [9.17, 15) is 9.90 Å². The van der Waals surface area contributed by atoms with Crippen molar-refractivity contribution in [3.63, 3.8) is 0 Å². The molecule has 1 aliphatic heterocycles. The number of fused-ring (bicyclic) bond motifs is 1. The van der Waals surface area contributed by atoms with Gasteiger partial charge in [0.1, 0.15) is 6.04 Å². The first-order valence-electron chi connectivity index (χ1n) is 12.8. The summed E-state index contributed by atoms with van der Waals surface area (Å²) < 4.78 is 6.16. The van der Waals surface area contributed by atoms with Crippen LogP contribution in [0.4, 0.5) is 0 Å². The van der Waals surface area contributed by atoms with E-state index >= 15 is 0 Å². The number of carboxylic acids is 1. The maximum Gasteiger partial charge on any atom is 0.325 e. The summed E-state index contributed by atoms with van der Waals surface area (Å²) in [6.45, 7) is 2.21. The number of nitrogens with zero attached hydrogens (tertiary/aromatic N) is 2. The molecule has 5 rings (SSSR count). The Morgan fingerprint density at radius 3 is 2.79 bits per heavy atom. The van der Waals surface area contributed by atoms with Crippen molar-refractivity contribution >= 4 is 5.97 Å². The molecule has 2 aromatic rings. The van der Waals surface area contributed by atoms with E-state index in [1.807, 2.05) is 18.2 Å². The first-order chi connectivity index (χ1) is 16.2. The minimum Gasteiger partial charge on any atom is -0.480 e. The van der Waals surface area contributed by atoms with Gasteiger partial charge in [0.25, 0.3) is 0 Å². The zero-order valence-electron chi connectivity index (χ0n) is 19.5. The van der Waals surface area contributed by atoms with Gasteiger partial charge in [-0.3, -0.25) is 14.7 Å². The second kappa shape index (κ2) is 10.4. The fraction of sp³-hybridized carbons (Fsp3) is 0.571. The first kappa shape index (κ1) is 22.5. The Kier molecular flexibility index (Phi) is 7.07. The second-order valence-corrected chi connectivity index (χ2v) is 9.99. The van der Waals surface area contributed by atoms with Crippen LogP contribution in [0.15, 0.2) is 36.4 Å². The number of carboxylic acid groups (broad SMARTS) is 1. The van der Waals surface area contributed by atoms with Crippen LogP contribution >= 0.6 is 0 Å². The van der Waals surface area contributed by atoms with Gasteiger partial charge in [0, 0.05) is 31.1 Å². The molecule has 1 saturated heterocycles. The summed E-state index contributed by atoms with van der Waals surface area (Å²) in [5.41, 5.74) is 6.17. The lowest BCUT2D eigenvalue weighted by atomic mass is 9.95. The minimum absolute atomic E-state index is 0.127. The van der Waals surface area contributed by atoms with Gasteiger partial charge in [0.2, 0.25) is 0 Å². The van der Waals surface area contributed by atoms with E-state index in [0.717, 1.165) is 50.8 Å². The van der Waals surface area contributed by atoms with E-state index in [0.29, 0.717) is 12.5 Å². The van der Waals surface area contributed by atoms with Gasteiger partial charge in [0.05, 0.1) is 6.10 Å². The van der Waals surface area contributed by atoms with Crippen molar-refractivity contribution in [1.29, 1.82) is 0 Å². The largest absolute Gasteiger partial charge is 0.480 e. The number of likely N-dealkylation sites (tertiary alicyclic amines) is 1. The zero-order valence-corrected chi connectivity index (χ0v) is 19.5. The van der Waals surface area contributed by atoms with Crippen molar-refractivity contribution in [2.24, 2.45) is 0 Å². The summed E-state index contributed by atoms with van der Waals surface area (Å²) in [6.07, 6.45) is 11.4. The summed E-state index contributed by atoms with van der Waals surface area (Å²) in [5, 5.41) is 10.0. The fourth-order valence-electron chi connectivity index (χ4n) is 5.56. The highest BCUT2D eigenvalue weighted by molar-refractivity contribution is 5.76. The summed E-state index contributed by atoms with van der Waals surface area (Å²) in [4.78, 5) is 19.2. The van der Waals surface area contributed by atoms with Gasteiger partial charge < -0.3 is 9.84 Å². The van der Waals surface area contributed by atoms with Crippen molar-refractivity contribution in [3.8, 4) is 0 Å². The maximum absolute atomic E-state index is 12.2. The molecule has 2 fully saturated rings. The molecule has 2 atom stereocenters. The topological polar surface area (TPSA) is 62.7 Å². The third-order valence-corrected chi connectivity index (χ3v) is 7.50. The Labute approximate surface area is 197 Å². The molecular formula is C28H36N2O3. The third kappa shape index (κ3) is 5.47. The molecule has 5 nitrogen and oxygen atoms in total. The molecule has 2 aliphatic carbocycles. The molecule has 0 radical (unpaired) electrons. The number of unbranched alkanes of at least 4 members (excludes halogenated alkanes) is 1. The molecule has 1 N–H and O–H groups in total. The normalized spacial score (nSPS) is 21.6. The number of pyridine rings is 1. The fourth-order valence-corrected chi connectivity index (χ4v) is 5.56. The summed E-state index contributed by atoms with van der Waals surface area (Å²) in [7, 11) is 0. The van der Waals surface area contributed by atoms with E-state index < -0.39 is 12.0 Å². The Hall–Kier alpha value is -2.24. The number of benzene rings is 1. The monoisotopic (exact) mass is 448 g/mol. The van der Waals surface area contributed by atoms with Crippen LogP contribution in [0.5, 0.6) is 0 Å². The molecule has 1 unspecified atom stereocenters. The lowest BCUT2D eigenvalue weighted by molar-refractivity contribution is -0.143. The molecule has 176 valence electrons. The Morgan fingerprint density at radius 2 is 1.94 bits per heavy atom. The summed E-state index contributed by atoms with van der Waals surface area (Å²) >= 11 is 0. The molecule has 0 bridgehead atoms. The molecule has 1 saturated carbocycles. The molecule has 3 aliphatic rings. The highest BCUT2D eigenvalue weighted by Crippen LogP contribution is 2.44. The van der Waals surface area contributed by atoms with Crippen LogP contribution in [0, 0.1) is 0 Å². The molecule has 33 heavy (non-hydrogen) atoms. The lowest BCUT2D eigenvalue weighted by Crippen LogP contribution is -2.34. The zero-order chi connectivity index (χ0) is 22.6. The number of aliphatic carboxylic acids is 1. The standard InChI is InChI=1S/C28H36N2O3/c31-28(32)27(25-10-3-2-9-24(25)20-12-13-20)30-17-16-23(19-30)33-18-6-5-8-22-15-14-21-7-1-4-11-26(21)29-22/h2-3,9-10,14-15,20,23,27H,1,4-8,11-13,16-19H2,(H,31,32)/t23-,27?/m0/s1. The Morgan fingerprint density at radius 1 is 1.09 bits per heavy atom. The van der Waals surface area contributed by atoms with Gasteiger partial charge in [-0.2, -0.15) is 0 Å². The van der Waals surface area contributed by atoms with E-state index in [-0.39, 0.29) is 6.10 Å². The van der Waals surface area contributed by atoms with E-state index in [1.165, 1.54) is 54.6 Å². The van der Waals surface area contributed by atoms with Crippen molar-refractivity contribution in [3.05, 3.63) is 64.5 Å². The molecule has 5 heteroatoms. The van der Waals surface area contributed by atoms with Gasteiger partial charge >= 0.3 is 5.97 Å². The predicted octanol–water partition coefficient (Wildman–Crippen LogP) is 5.08. The molecule has 0 spiro atoms. The Bertz CT molecular complexity index is 971. The van der Waals surface area contributed by atoms with Crippen LogP contribution in [0.2, 0.25) is 0 Å². The quantitative estimate of drug-likeness (QED) is 0.514. The van der Waals surface area contributed by atoms with Crippen LogP contribution in [0.1, 0.15) is 85.0 Å². The third-order valence-electron chi connectivity index (χ3n) is 7.50. The van der Waals surface area contributed by atoms with Gasteiger partial charge in [-0.15, -0.1) is 0 Å². The highest BCUT2D eigenvalue weighted by atomic mass is 16.5. The van der Waals surface area contributed by atoms with Gasteiger partial charge in [-0.05, 0) is 92.9 Å². The van der Waals surface area contributed by atoms with Crippen LogP contribution in [-0.2, 0) is 28.8 Å². The van der Waals surface area contributed by atoms with Crippen molar-refractivity contribution in [2.45, 2.75) is 82.3 Å². The van der Waals surface area contributed by atoms with Crippen molar-refractivity contribution in [1.82, 2.24) is 9.88 Å². The maximum atomic E-state index is 12.2. The van der Waals surface area contributed by atoms with Gasteiger partial charge in [-0.25, -0.2) is 0 Å². The summed E-state index contributed by atoms with van der Waals surface area (Å²) in [6, 6.07) is 12.0. The predicted molar refractivity (Wildman–Crippen MR) is 129 cm³/mol. The minimum atomic E-state index is -0.749. The molecule has 0 amide bonds. The number of hydrogen-bond acceptors (Lipinski definition) is 4. The highest BCUT2D eigenvalue weighted by Gasteiger charge is 2.37. The van der Waals surface area contributed by atoms with Crippen LogP contribution < -0.4 is 0 Å². The van der Waals surface area contributed by atoms with Crippen LogP contribution in [0.25, 0.3) is 0 Å². The number of hydrogen-bond donors (Lipinski definition) is 1. The Balaban J connectivity index is 1.08. The first-order valence-corrected chi connectivity index (χ1v) is 12.8. The van der Waals surface area contributed by atoms with E-state index in [1.54, 1.807) is 0 Å². The molecular weight excluding hydrogens is 412 g/mol. The number of carbonyl (C=O) groups is 1. The lowest BCUT2D eigenvalue weighted by Gasteiger charge is -2.26. The van der Waals surface area contributed by atoms with Crippen molar-refractivity contribution < 1.29 is 14.6 Å². The molecule has 2 heterocycles. The SMILES string of the molecule is O=C(O)C(c1ccccc1C1CC1)N1CC[C@H](OCCCCc2ccc3c(n2)CCCC3)C1. The van der Waals surface area contributed by atoms with Crippen LogP contribution in [-0.4, -0.2) is 46.8 Å². The van der Waals surface area contributed by atoms with E-state index in [4.69, 9.17) is 9.72 Å². The number of ether oxygens (including phenoxy) is 1. The molecule has 1 aromatic heterocycles. The van der Waals surface area contributed by atoms with Gasteiger partial charge in [0.15, 0.2) is 0 Å². The number of aryl methyl sites for hydroxylation is 3. The number of rotatable bonds is 10. The second-order valence-electron chi connectivity index (χ2n) is 9.99.